The number of hydrogen-bond donors (Lipinski definition) is 1. The van der Waals surface area contributed by atoms with Crippen LogP contribution in [0.3, 0.4) is 0 Å². The Kier molecular flexibility index (Phi) is 4.79. The number of alkyl halides is 3. The molecule has 1 aliphatic carbocycles. The molecule has 1 nitrogen and oxygen atoms in total. The van der Waals surface area contributed by atoms with Crippen molar-refractivity contribution in [2.75, 3.05) is 0 Å². The van der Waals surface area contributed by atoms with Gasteiger partial charge in [0, 0.05) is 10.9 Å². The molecule has 106 valence electrons. The van der Waals surface area contributed by atoms with Gasteiger partial charge in [-0.25, -0.2) is 0 Å². The Morgan fingerprint density at radius 3 is 2.37 bits per heavy atom. The van der Waals surface area contributed by atoms with Gasteiger partial charge in [-0.15, -0.1) is 0 Å². The van der Waals surface area contributed by atoms with E-state index in [0.717, 1.165) is 25.7 Å². The minimum Gasteiger partial charge on any atom is -0.324 e. The molecule has 0 amide bonds. The molecular weight excluding hydrogens is 271 g/mol. The Bertz CT molecular complexity index is 413. The van der Waals surface area contributed by atoms with Gasteiger partial charge in [-0.05, 0) is 42.2 Å². The van der Waals surface area contributed by atoms with E-state index in [2.05, 4.69) is 0 Å². The molecule has 0 aromatic heterocycles. The Balaban J connectivity index is 2.18. The van der Waals surface area contributed by atoms with Crippen molar-refractivity contribution < 1.29 is 13.2 Å². The second-order valence-electron chi connectivity index (χ2n) is 5.01. The van der Waals surface area contributed by atoms with Crippen LogP contribution in [0.1, 0.15) is 43.7 Å². The van der Waals surface area contributed by atoms with E-state index in [4.69, 9.17) is 5.73 Å². The zero-order valence-electron chi connectivity index (χ0n) is 10.6. The van der Waals surface area contributed by atoms with E-state index >= 15 is 0 Å². The van der Waals surface area contributed by atoms with Crippen molar-refractivity contribution in [3.05, 3.63) is 29.8 Å². The summed E-state index contributed by atoms with van der Waals surface area (Å²) in [7, 11) is 0. The van der Waals surface area contributed by atoms with E-state index in [1.54, 1.807) is 18.2 Å². The molecule has 1 atom stereocenters. The number of thioether (sulfide) groups is 1. The highest BCUT2D eigenvalue weighted by Gasteiger charge is 2.32. The highest BCUT2D eigenvalue weighted by atomic mass is 32.2. The second-order valence-corrected chi connectivity index (χ2v) is 6.12. The standard InChI is InChI=1S/C14H18F3NS/c15-14(16,17)19-12-9-5-4-8-11(12)13(18)10-6-2-1-3-7-10/h4-5,8-10,13H,1-3,6-7,18H2/t13-/m0/s1. The lowest BCUT2D eigenvalue weighted by Gasteiger charge is -2.29. The summed E-state index contributed by atoms with van der Waals surface area (Å²) in [6.45, 7) is 0. The first kappa shape index (κ1) is 14.7. The van der Waals surface area contributed by atoms with Crippen molar-refractivity contribution in [3.8, 4) is 0 Å². The summed E-state index contributed by atoms with van der Waals surface area (Å²) in [5.74, 6) is 0.309. The van der Waals surface area contributed by atoms with Gasteiger partial charge in [0.1, 0.15) is 0 Å². The fraction of sp³-hybridized carbons (Fsp3) is 0.571. The molecule has 2 N–H and O–H groups in total. The third-order valence-corrected chi connectivity index (χ3v) is 4.48. The number of halogens is 3. The van der Waals surface area contributed by atoms with Crippen LogP contribution in [0.4, 0.5) is 13.2 Å². The molecule has 0 heterocycles. The van der Waals surface area contributed by atoms with Gasteiger partial charge in [-0.2, -0.15) is 13.2 Å². The van der Waals surface area contributed by atoms with Crippen molar-refractivity contribution in [3.63, 3.8) is 0 Å². The molecular formula is C14H18F3NS. The molecule has 1 aromatic rings. The number of nitrogens with two attached hydrogens (primary N) is 1. The normalized spacial score (nSPS) is 19.4. The second kappa shape index (κ2) is 6.18. The average Bonchev–Trinajstić information content (AvgIpc) is 2.38. The number of benzene rings is 1. The Morgan fingerprint density at radius 1 is 1.11 bits per heavy atom. The summed E-state index contributed by atoms with van der Waals surface area (Å²) >= 11 is -0.0603. The van der Waals surface area contributed by atoms with Crippen LogP contribution in [0.25, 0.3) is 0 Å². The fourth-order valence-electron chi connectivity index (χ4n) is 2.72. The quantitative estimate of drug-likeness (QED) is 0.803. The zero-order chi connectivity index (χ0) is 13.9. The molecule has 1 aromatic carbocycles. The maximum atomic E-state index is 12.5. The van der Waals surface area contributed by atoms with Crippen LogP contribution in [0, 0.1) is 5.92 Å². The smallest absolute Gasteiger partial charge is 0.324 e. The molecule has 19 heavy (non-hydrogen) atoms. The predicted molar refractivity (Wildman–Crippen MR) is 71.9 cm³/mol. The number of rotatable bonds is 3. The molecule has 0 radical (unpaired) electrons. The van der Waals surface area contributed by atoms with E-state index in [0.29, 0.717) is 11.5 Å². The highest BCUT2D eigenvalue weighted by molar-refractivity contribution is 8.00. The molecule has 1 saturated carbocycles. The van der Waals surface area contributed by atoms with E-state index in [-0.39, 0.29) is 22.7 Å². The molecule has 1 aliphatic rings. The molecule has 0 bridgehead atoms. The molecule has 2 rings (SSSR count). The summed E-state index contributed by atoms with van der Waals surface area (Å²) in [5.41, 5.74) is 2.58. The van der Waals surface area contributed by atoms with Crippen LogP contribution in [-0.2, 0) is 0 Å². The minimum absolute atomic E-state index is 0.0603. The van der Waals surface area contributed by atoms with Crippen LogP contribution < -0.4 is 5.73 Å². The van der Waals surface area contributed by atoms with E-state index in [1.807, 2.05) is 0 Å². The monoisotopic (exact) mass is 289 g/mol. The lowest BCUT2D eigenvalue weighted by molar-refractivity contribution is -0.0328. The first-order valence-electron chi connectivity index (χ1n) is 6.57. The van der Waals surface area contributed by atoms with Crippen molar-refractivity contribution >= 4 is 11.8 Å². The maximum Gasteiger partial charge on any atom is 0.446 e. The van der Waals surface area contributed by atoms with Gasteiger partial charge in [0.05, 0.1) is 0 Å². The molecule has 0 aliphatic heterocycles. The summed E-state index contributed by atoms with van der Waals surface area (Å²) in [5, 5.41) is 0. The van der Waals surface area contributed by atoms with Gasteiger partial charge < -0.3 is 5.73 Å². The van der Waals surface area contributed by atoms with E-state index < -0.39 is 5.51 Å². The van der Waals surface area contributed by atoms with Gasteiger partial charge in [-0.3, -0.25) is 0 Å². The van der Waals surface area contributed by atoms with Crippen molar-refractivity contribution in [2.45, 2.75) is 48.5 Å². The average molecular weight is 289 g/mol. The Hall–Kier alpha value is -0.680. The summed E-state index contributed by atoms with van der Waals surface area (Å²) in [4.78, 5) is 0.244. The molecule has 0 saturated heterocycles. The first-order valence-corrected chi connectivity index (χ1v) is 7.39. The van der Waals surface area contributed by atoms with E-state index in [1.165, 1.54) is 12.5 Å². The minimum atomic E-state index is -4.26. The van der Waals surface area contributed by atoms with Crippen LogP contribution in [0.2, 0.25) is 0 Å². The fourth-order valence-corrected chi connectivity index (χ4v) is 3.44. The Morgan fingerprint density at radius 2 is 1.74 bits per heavy atom. The van der Waals surface area contributed by atoms with Gasteiger partial charge in [-0.1, -0.05) is 37.5 Å². The Labute approximate surface area is 115 Å². The van der Waals surface area contributed by atoms with Crippen LogP contribution in [0.15, 0.2) is 29.2 Å². The van der Waals surface area contributed by atoms with Crippen LogP contribution in [-0.4, -0.2) is 5.51 Å². The van der Waals surface area contributed by atoms with Crippen LogP contribution >= 0.6 is 11.8 Å². The SMILES string of the molecule is N[C@H](c1ccccc1SC(F)(F)F)C1CCCCC1. The summed E-state index contributed by atoms with van der Waals surface area (Å²) in [6, 6.07) is 6.35. The maximum absolute atomic E-state index is 12.5. The van der Waals surface area contributed by atoms with Crippen molar-refractivity contribution in [1.82, 2.24) is 0 Å². The largest absolute Gasteiger partial charge is 0.446 e. The lowest BCUT2D eigenvalue weighted by Crippen LogP contribution is -2.24. The third kappa shape index (κ3) is 4.14. The van der Waals surface area contributed by atoms with Crippen molar-refractivity contribution in [2.24, 2.45) is 11.7 Å². The number of hydrogen-bond acceptors (Lipinski definition) is 2. The highest BCUT2D eigenvalue weighted by Crippen LogP contribution is 2.42. The lowest BCUT2D eigenvalue weighted by atomic mass is 9.81. The van der Waals surface area contributed by atoms with Gasteiger partial charge >= 0.3 is 5.51 Å². The molecule has 5 heteroatoms. The van der Waals surface area contributed by atoms with Gasteiger partial charge in [0.15, 0.2) is 0 Å². The zero-order valence-corrected chi connectivity index (χ0v) is 11.4. The molecule has 0 unspecified atom stereocenters. The topological polar surface area (TPSA) is 26.0 Å². The van der Waals surface area contributed by atoms with Gasteiger partial charge in [0.2, 0.25) is 0 Å². The summed E-state index contributed by atoms with van der Waals surface area (Å²) < 4.78 is 37.6. The molecule has 1 fully saturated rings. The van der Waals surface area contributed by atoms with Gasteiger partial charge in [0.25, 0.3) is 0 Å². The van der Waals surface area contributed by atoms with Crippen molar-refractivity contribution in [1.29, 1.82) is 0 Å². The van der Waals surface area contributed by atoms with E-state index in [9.17, 15) is 13.2 Å². The molecule has 0 spiro atoms. The predicted octanol–water partition coefficient (Wildman–Crippen LogP) is 4.88. The summed E-state index contributed by atoms with van der Waals surface area (Å²) in [6.07, 6.45) is 5.51. The van der Waals surface area contributed by atoms with Crippen LogP contribution in [0.5, 0.6) is 0 Å². The first-order chi connectivity index (χ1) is 8.97. The third-order valence-electron chi connectivity index (χ3n) is 3.66.